The molecule has 1 aromatic carbocycles. The molecule has 2 aromatic rings. The number of benzene rings is 1. The summed E-state index contributed by atoms with van der Waals surface area (Å²) in [6, 6.07) is 4.19. The average Bonchev–Trinajstić information content (AvgIpc) is 2.96. The summed E-state index contributed by atoms with van der Waals surface area (Å²) in [6.07, 6.45) is 1.93. The lowest BCUT2D eigenvalue weighted by Gasteiger charge is -2.10. The van der Waals surface area contributed by atoms with Crippen molar-refractivity contribution in [1.29, 1.82) is 0 Å². The molecule has 0 fully saturated rings. The van der Waals surface area contributed by atoms with Crippen LogP contribution in [0.3, 0.4) is 0 Å². The molecule has 7 nitrogen and oxygen atoms in total. The monoisotopic (exact) mass is 389 g/mol. The number of nitrogens with zero attached hydrogens (tertiary/aromatic N) is 3. The molecule has 2 rings (SSSR count). The summed E-state index contributed by atoms with van der Waals surface area (Å²) in [4.78, 5) is 4.16. The standard InChI is InChI=1S/C12H13BrFN5O2S/c1-6(22-2)15-12-10(18-21-19-12)11(17-20)16-7-3-4-9(14)8(13)5-7/h3-6,20H,1-2H3,(H,15,19)(H,16,17). The number of hydroxylamine groups is 1. The molecule has 0 aliphatic rings. The lowest BCUT2D eigenvalue weighted by Crippen LogP contribution is -2.23. The van der Waals surface area contributed by atoms with Gasteiger partial charge in [0.05, 0.1) is 15.5 Å². The molecule has 22 heavy (non-hydrogen) atoms. The van der Waals surface area contributed by atoms with Crippen molar-refractivity contribution in [1.82, 2.24) is 15.8 Å². The van der Waals surface area contributed by atoms with E-state index in [4.69, 9.17) is 0 Å². The summed E-state index contributed by atoms with van der Waals surface area (Å²) in [5.74, 6) is -0.0457. The molecule has 10 heteroatoms. The van der Waals surface area contributed by atoms with Crippen LogP contribution >= 0.6 is 27.7 Å². The summed E-state index contributed by atoms with van der Waals surface area (Å²) < 4.78 is 18.2. The average molecular weight is 390 g/mol. The van der Waals surface area contributed by atoms with Crippen molar-refractivity contribution < 1.29 is 14.2 Å². The first-order chi connectivity index (χ1) is 10.5. The van der Waals surface area contributed by atoms with Crippen molar-refractivity contribution in [3.8, 4) is 0 Å². The van der Waals surface area contributed by atoms with Crippen LogP contribution in [-0.4, -0.2) is 33.0 Å². The third-order valence-electron chi connectivity index (χ3n) is 2.66. The van der Waals surface area contributed by atoms with Gasteiger partial charge < -0.3 is 5.32 Å². The summed E-state index contributed by atoms with van der Waals surface area (Å²) in [7, 11) is 0. The minimum absolute atomic E-state index is 0.0237. The van der Waals surface area contributed by atoms with Gasteiger partial charge in [-0.2, -0.15) is 0 Å². The highest BCUT2D eigenvalue weighted by molar-refractivity contribution is 9.10. The molecule has 0 radical (unpaired) electrons. The van der Waals surface area contributed by atoms with Crippen LogP contribution in [0, 0.1) is 5.82 Å². The number of rotatable bonds is 5. The zero-order valence-corrected chi connectivity index (χ0v) is 14.1. The van der Waals surface area contributed by atoms with Gasteiger partial charge in [-0.15, -0.1) is 11.8 Å². The quantitative estimate of drug-likeness (QED) is 0.312. The molecule has 1 aromatic heterocycles. The highest BCUT2D eigenvalue weighted by Gasteiger charge is 2.18. The summed E-state index contributed by atoms with van der Waals surface area (Å²) in [5, 5.41) is 19.9. The highest BCUT2D eigenvalue weighted by Crippen LogP contribution is 2.23. The fourth-order valence-electron chi connectivity index (χ4n) is 1.50. The van der Waals surface area contributed by atoms with E-state index in [2.05, 4.69) is 41.2 Å². The minimum atomic E-state index is -0.406. The van der Waals surface area contributed by atoms with Crippen LogP contribution in [0.25, 0.3) is 0 Å². The normalized spacial score (nSPS) is 13.0. The van der Waals surface area contributed by atoms with Gasteiger partial charge in [0.25, 0.3) is 0 Å². The molecule has 0 aliphatic carbocycles. The number of aliphatic imine (C=N–C) groups is 1. The Kier molecular flexibility index (Phi) is 5.75. The topological polar surface area (TPSA) is 95.6 Å². The second-order valence-corrected chi connectivity index (χ2v) is 6.19. The molecule has 1 unspecified atom stereocenters. The Hall–Kier alpha value is -1.65. The Morgan fingerprint density at radius 3 is 2.91 bits per heavy atom. The van der Waals surface area contributed by atoms with E-state index in [9.17, 15) is 9.60 Å². The van der Waals surface area contributed by atoms with E-state index in [1.54, 1.807) is 11.8 Å². The van der Waals surface area contributed by atoms with E-state index in [0.29, 0.717) is 11.5 Å². The van der Waals surface area contributed by atoms with E-state index >= 15 is 0 Å². The molecule has 0 aliphatic heterocycles. The minimum Gasteiger partial charge on any atom is -0.354 e. The Bertz CT molecular complexity index is 681. The fourth-order valence-corrected chi connectivity index (χ4v) is 2.10. The van der Waals surface area contributed by atoms with Crippen LogP contribution < -0.4 is 10.8 Å². The Balaban J connectivity index is 2.33. The molecule has 1 heterocycles. The first-order valence-corrected chi connectivity index (χ1v) is 8.19. The van der Waals surface area contributed by atoms with Crippen molar-refractivity contribution in [3.05, 3.63) is 34.2 Å². The van der Waals surface area contributed by atoms with Crippen LogP contribution in [0.15, 0.2) is 32.3 Å². The molecule has 0 spiro atoms. The molecule has 0 bridgehead atoms. The summed E-state index contributed by atoms with van der Waals surface area (Å²) in [6.45, 7) is 1.93. The third kappa shape index (κ3) is 3.96. The smallest absolute Gasteiger partial charge is 0.203 e. The number of aromatic nitrogens is 2. The first-order valence-electron chi connectivity index (χ1n) is 6.11. The molecule has 3 N–H and O–H groups in total. The van der Waals surface area contributed by atoms with Crippen molar-refractivity contribution in [2.45, 2.75) is 12.3 Å². The predicted octanol–water partition coefficient (Wildman–Crippen LogP) is 3.15. The van der Waals surface area contributed by atoms with E-state index < -0.39 is 5.82 Å². The van der Waals surface area contributed by atoms with E-state index in [-0.39, 0.29) is 21.4 Å². The van der Waals surface area contributed by atoms with Gasteiger partial charge in [0.2, 0.25) is 5.82 Å². The molecular formula is C12H13BrFN5O2S. The van der Waals surface area contributed by atoms with Crippen molar-refractivity contribution in [2.75, 3.05) is 11.6 Å². The number of hydrogen-bond donors (Lipinski definition) is 3. The van der Waals surface area contributed by atoms with Crippen molar-refractivity contribution in [3.63, 3.8) is 0 Å². The maximum Gasteiger partial charge on any atom is 0.203 e. The molecule has 1 atom stereocenters. The van der Waals surface area contributed by atoms with Crippen molar-refractivity contribution >= 4 is 45.0 Å². The van der Waals surface area contributed by atoms with E-state index in [1.807, 2.05) is 18.7 Å². The highest BCUT2D eigenvalue weighted by atomic mass is 79.9. The maximum absolute atomic E-state index is 13.2. The number of nitrogens with one attached hydrogen (secondary N) is 2. The number of amidine groups is 1. The Morgan fingerprint density at radius 1 is 1.50 bits per heavy atom. The largest absolute Gasteiger partial charge is 0.354 e. The van der Waals surface area contributed by atoms with E-state index in [0.717, 1.165) is 0 Å². The van der Waals surface area contributed by atoms with Gasteiger partial charge in [-0.25, -0.2) is 14.0 Å². The number of thioether (sulfide) groups is 1. The van der Waals surface area contributed by atoms with Gasteiger partial charge in [-0.05, 0) is 57.6 Å². The molecule has 0 amide bonds. The third-order valence-corrected chi connectivity index (χ3v) is 4.09. The van der Waals surface area contributed by atoms with Gasteiger partial charge in [0.1, 0.15) is 5.82 Å². The lowest BCUT2D eigenvalue weighted by atomic mass is 10.3. The Morgan fingerprint density at radius 2 is 2.27 bits per heavy atom. The van der Waals surface area contributed by atoms with Gasteiger partial charge in [0.15, 0.2) is 11.5 Å². The molecule has 118 valence electrons. The van der Waals surface area contributed by atoms with Crippen LogP contribution in [0.5, 0.6) is 0 Å². The fraction of sp³-hybridized carbons (Fsp3) is 0.250. The van der Waals surface area contributed by atoms with Crippen LogP contribution in [0.4, 0.5) is 15.9 Å². The zero-order chi connectivity index (χ0) is 16.1. The van der Waals surface area contributed by atoms with Gasteiger partial charge in [-0.3, -0.25) is 10.7 Å². The maximum atomic E-state index is 13.2. The van der Waals surface area contributed by atoms with Gasteiger partial charge in [-0.1, -0.05) is 0 Å². The summed E-state index contributed by atoms with van der Waals surface area (Å²) >= 11 is 4.64. The van der Waals surface area contributed by atoms with Gasteiger partial charge in [0, 0.05) is 0 Å². The summed E-state index contributed by atoms with van der Waals surface area (Å²) in [5.41, 5.74) is 2.58. The Labute approximate surface area is 138 Å². The SMILES string of the molecule is CSC(C)Nc1nonc1C(=Nc1ccc(F)c(Br)c1)NO. The van der Waals surface area contributed by atoms with Gasteiger partial charge >= 0.3 is 0 Å². The predicted molar refractivity (Wildman–Crippen MR) is 86.1 cm³/mol. The number of anilines is 1. The second kappa shape index (κ2) is 7.56. The number of halogens is 2. The molecular weight excluding hydrogens is 377 g/mol. The van der Waals surface area contributed by atoms with Crippen molar-refractivity contribution in [2.24, 2.45) is 4.99 Å². The van der Waals surface area contributed by atoms with Crippen LogP contribution in [0.1, 0.15) is 12.6 Å². The van der Waals surface area contributed by atoms with E-state index in [1.165, 1.54) is 18.2 Å². The van der Waals surface area contributed by atoms with Crippen LogP contribution in [0.2, 0.25) is 0 Å². The second-order valence-electron chi connectivity index (χ2n) is 4.15. The first kappa shape index (κ1) is 16.7. The molecule has 0 saturated carbocycles. The number of hydrogen-bond acceptors (Lipinski definition) is 7. The zero-order valence-electron chi connectivity index (χ0n) is 11.7. The lowest BCUT2D eigenvalue weighted by molar-refractivity contribution is 0.234. The van der Waals surface area contributed by atoms with Crippen LogP contribution in [-0.2, 0) is 0 Å². The molecule has 0 saturated heterocycles.